The van der Waals surface area contributed by atoms with Crippen molar-refractivity contribution in [2.45, 2.75) is 24.2 Å². The molecule has 20 heavy (non-hydrogen) atoms. The maximum atomic E-state index is 12.2. The van der Waals surface area contributed by atoms with Crippen LogP contribution in [0.4, 0.5) is 13.2 Å². The summed E-state index contributed by atoms with van der Waals surface area (Å²) in [6.07, 6.45) is -4.57. The van der Waals surface area contributed by atoms with Crippen molar-refractivity contribution in [3.8, 4) is 0 Å². The molecule has 2 N–H and O–H groups in total. The predicted molar refractivity (Wildman–Crippen MR) is 63.0 cm³/mol. The van der Waals surface area contributed by atoms with E-state index in [0.717, 1.165) is 23.9 Å². The lowest BCUT2D eigenvalue weighted by atomic mass is 10.3. The highest BCUT2D eigenvalue weighted by Gasteiger charge is 2.32. The van der Waals surface area contributed by atoms with Crippen molar-refractivity contribution in [1.29, 1.82) is 0 Å². The molecule has 0 aliphatic heterocycles. The zero-order valence-electron chi connectivity index (χ0n) is 10.1. The summed E-state index contributed by atoms with van der Waals surface area (Å²) in [5.41, 5.74) is -1.13. The summed E-state index contributed by atoms with van der Waals surface area (Å²) in [4.78, 5) is 21.6. The highest BCUT2D eigenvalue weighted by molar-refractivity contribution is 7.99. The Bertz CT molecular complexity index is 493. The first-order valence-corrected chi connectivity index (χ1v) is 6.22. The Kier molecular flexibility index (Phi) is 5.31. The monoisotopic (exact) mass is 309 g/mol. The van der Waals surface area contributed by atoms with Crippen LogP contribution >= 0.6 is 11.8 Å². The average molecular weight is 309 g/mol. The number of rotatable bonds is 5. The molecule has 0 aliphatic carbocycles. The minimum absolute atomic E-state index is 0.0744. The molecule has 1 atom stereocenters. The van der Waals surface area contributed by atoms with Gasteiger partial charge in [-0.15, -0.1) is 22.0 Å². The average Bonchev–Trinajstić information content (AvgIpc) is 2.33. The van der Waals surface area contributed by atoms with Crippen LogP contribution in [0.1, 0.15) is 12.6 Å². The van der Waals surface area contributed by atoms with Gasteiger partial charge >= 0.3 is 12.1 Å². The number of hydrogen-bond acceptors (Lipinski definition) is 5. The summed E-state index contributed by atoms with van der Waals surface area (Å²) >= 11 is 0.882. The van der Waals surface area contributed by atoms with Crippen molar-refractivity contribution in [3.63, 3.8) is 0 Å². The normalized spacial score (nSPS) is 12.8. The van der Waals surface area contributed by atoms with Crippen molar-refractivity contribution in [2.24, 2.45) is 0 Å². The molecule has 1 aromatic rings. The summed E-state index contributed by atoms with van der Waals surface area (Å²) in [7, 11) is 0. The van der Waals surface area contributed by atoms with Gasteiger partial charge in [-0.05, 0) is 12.1 Å². The molecule has 0 aliphatic rings. The van der Waals surface area contributed by atoms with Crippen LogP contribution in [0.5, 0.6) is 0 Å². The van der Waals surface area contributed by atoms with Gasteiger partial charge in [0.15, 0.2) is 5.69 Å². The van der Waals surface area contributed by atoms with Gasteiger partial charge in [-0.25, -0.2) is 4.79 Å². The molecule has 0 saturated carbocycles. The summed E-state index contributed by atoms with van der Waals surface area (Å²) in [5, 5.41) is 17.5. The topological polar surface area (TPSA) is 92.2 Å². The van der Waals surface area contributed by atoms with Crippen LogP contribution < -0.4 is 5.32 Å². The van der Waals surface area contributed by atoms with E-state index in [-0.39, 0.29) is 10.8 Å². The van der Waals surface area contributed by atoms with E-state index in [4.69, 9.17) is 5.11 Å². The Morgan fingerprint density at radius 1 is 1.40 bits per heavy atom. The number of alkyl halides is 3. The quantitative estimate of drug-likeness (QED) is 0.793. The zero-order valence-corrected chi connectivity index (χ0v) is 11.0. The molecular formula is C10H10F3N3O3S. The molecule has 0 radical (unpaired) electrons. The molecule has 1 heterocycles. The van der Waals surface area contributed by atoms with E-state index >= 15 is 0 Å². The smallest absolute Gasteiger partial charge is 0.435 e. The third-order valence-electron chi connectivity index (χ3n) is 2.00. The molecular weight excluding hydrogens is 299 g/mol. The standard InChI is InChI=1S/C10H10F3N3O3S/c1-5(17)14-6(9(18)19)4-20-8-3-2-7(15-16-8)10(11,12)13/h2-3,6H,4H2,1H3,(H,14,17)(H,18,19)/t6-/m0/s1. The predicted octanol–water partition coefficient (Wildman–Crippen LogP) is 1.18. The molecule has 0 spiro atoms. The summed E-state index contributed by atoms with van der Waals surface area (Å²) in [5.74, 6) is -1.83. The number of halogens is 3. The first-order valence-electron chi connectivity index (χ1n) is 5.24. The SMILES string of the molecule is CC(=O)N[C@@H](CSc1ccc(C(F)(F)F)nn1)C(=O)O. The molecule has 1 amide bonds. The van der Waals surface area contributed by atoms with Crippen molar-refractivity contribution in [2.75, 3.05) is 5.75 Å². The van der Waals surface area contributed by atoms with Crippen LogP contribution in [0.25, 0.3) is 0 Å². The van der Waals surface area contributed by atoms with E-state index in [1.807, 2.05) is 0 Å². The number of aromatic nitrogens is 2. The van der Waals surface area contributed by atoms with Gasteiger partial charge in [-0.3, -0.25) is 4.79 Å². The number of amides is 1. The van der Waals surface area contributed by atoms with E-state index in [0.29, 0.717) is 0 Å². The number of nitrogens with zero attached hydrogens (tertiary/aromatic N) is 2. The second-order valence-electron chi connectivity index (χ2n) is 3.66. The maximum Gasteiger partial charge on any atom is 0.435 e. The third-order valence-corrected chi connectivity index (χ3v) is 3.02. The number of carbonyl (C=O) groups is 2. The van der Waals surface area contributed by atoms with E-state index < -0.39 is 29.8 Å². The van der Waals surface area contributed by atoms with Crippen molar-refractivity contribution < 1.29 is 27.9 Å². The first-order chi connectivity index (χ1) is 9.20. The van der Waals surface area contributed by atoms with Gasteiger partial charge in [0.05, 0.1) is 0 Å². The second-order valence-corrected chi connectivity index (χ2v) is 4.70. The highest BCUT2D eigenvalue weighted by atomic mass is 32.2. The number of carboxylic acids is 1. The Morgan fingerprint density at radius 2 is 2.05 bits per heavy atom. The molecule has 0 unspecified atom stereocenters. The summed E-state index contributed by atoms with van der Waals surface area (Å²) in [6.45, 7) is 1.17. The second kappa shape index (κ2) is 6.55. The van der Waals surface area contributed by atoms with Crippen LogP contribution in [0, 0.1) is 0 Å². The third kappa shape index (κ3) is 5.03. The molecule has 10 heteroatoms. The minimum Gasteiger partial charge on any atom is -0.480 e. The molecule has 0 fully saturated rings. The Labute approximate surface area is 115 Å². The van der Waals surface area contributed by atoms with Gasteiger partial charge in [0.25, 0.3) is 0 Å². The Balaban J connectivity index is 2.64. The van der Waals surface area contributed by atoms with Gasteiger partial charge in [-0.2, -0.15) is 13.2 Å². The molecule has 6 nitrogen and oxygen atoms in total. The van der Waals surface area contributed by atoms with Crippen LogP contribution in [0.3, 0.4) is 0 Å². The van der Waals surface area contributed by atoms with Crippen LogP contribution in [-0.4, -0.2) is 39.0 Å². The zero-order chi connectivity index (χ0) is 15.3. The van der Waals surface area contributed by atoms with Crippen molar-refractivity contribution in [3.05, 3.63) is 17.8 Å². The number of thioether (sulfide) groups is 1. The first kappa shape index (κ1) is 16.2. The fourth-order valence-electron chi connectivity index (χ4n) is 1.14. The van der Waals surface area contributed by atoms with Crippen LogP contribution in [0.15, 0.2) is 17.2 Å². The summed E-state index contributed by atoms with van der Waals surface area (Å²) in [6, 6.07) is 0.693. The van der Waals surface area contributed by atoms with Gasteiger partial charge in [0, 0.05) is 12.7 Å². The number of carbonyl (C=O) groups excluding carboxylic acids is 1. The lowest BCUT2D eigenvalue weighted by Crippen LogP contribution is -2.41. The maximum absolute atomic E-state index is 12.2. The number of hydrogen-bond donors (Lipinski definition) is 2. The van der Waals surface area contributed by atoms with Gasteiger partial charge < -0.3 is 10.4 Å². The fourth-order valence-corrected chi connectivity index (χ4v) is 1.96. The fraction of sp³-hybridized carbons (Fsp3) is 0.400. The number of carboxylic acid groups (broad SMARTS) is 1. The number of aliphatic carboxylic acids is 1. The Hall–Kier alpha value is -1.84. The lowest BCUT2D eigenvalue weighted by molar-refractivity contribution is -0.142. The van der Waals surface area contributed by atoms with E-state index in [2.05, 4.69) is 15.5 Å². The highest BCUT2D eigenvalue weighted by Crippen LogP contribution is 2.27. The van der Waals surface area contributed by atoms with E-state index in [9.17, 15) is 22.8 Å². The number of nitrogens with one attached hydrogen (secondary N) is 1. The molecule has 0 aromatic carbocycles. The van der Waals surface area contributed by atoms with E-state index in [1.54, 1.807) is 0 Å². The van der Waals surface area contributed by atoms with E-state index in [1.165, 1.54) is 6.92 Å². The van der Waals surface area contributed by atoms with Gasteiger partial charge in [0.1, 0.15) is 11.1 Å². The molecule has 1 aromatic heterocycles. The van der Waals surface area contributed by atoms with Crippen LogP contribution in [0.2, 0.25) is 0 Å². The Morgan fingerprint density at radius 3 is 2.45 bits per heavy atom. The molecule has 0 saturated heterocycles. The minimum atomic E-state index is -4.57. The molecule has 110 valence electrons. The van der Waals surface area contributed by atoms with Crippen molar-refractivity contribution in [1.82, 2.24) is 15.5 Å². The molecule has 1 rings (SSSR count). The molecule has 0 bridgehead atoms. The van der Waals surface area contributed by atoms with Gasteiger partial charge in [-0.1, -0.05) is 0 Å². The summed E-state index contributed by atoms with van der Waals surface area (Å²) < 4.78 is 36.7. The van der Waals surface area contributed by atoms with Gasteiger partial charge in [0.2, 0.25) is 5.91 Å². The van der Waals surface area contributed by atoms with Crippen LogP contribution in [-0.2, 0) is 15.8 Å². The lowest BCUT2D eigenvalue weighted by Gasteiger charge is -2.12. The van der Waals surface area contributed by atoms with Crippen molar-refractivity contribution >= 4 is 23.6 Å². The largest absolute Gasteiger partial charge is 0.480 e.